The van der Waals surface area contributed by atoms with Gasteiger partial charge in [0, 0.05) is 45.4 Å². The van der Waals surface area contributed by atoms with E-state index in [4.69, 9.17) is 4.74 Å². The Labute approximate surface area is 159 Å². The number of sulfonamides is 1. The van der Waals surface area contributed by atoms with Gasteiger partial charge in [0.05, 0.1) is 0 Å². The molecule has 1 fully saturated rings. The largest absolute Gasteiger partial charge is 0.511 e. The number of hydrogen-bond donors (Lipinski definition) is 2. The first-order valence-corrected chi connectivity index (χ1v) is 10.7. The topological polar surface area (TPSA) is 83.0 Å². The summed E-state index contributed by atoms with van der Waals surface area (Å²) < 4.78 is 66.7. The van der Waals surface area contributed by atoms with Crippen molar-refractivity contribution in [1.82, 2.24) is 14.9 Å². The van der Waals surface area contributed by atoms with E-state index in [9.17, 15) is 21.6 Å². The first kappa shape index (κ1) is 24.0. The van der Waals surface area contributed by atoms with Crippen molar-refractivity contribution in [2.45, 2.75) is 51.6 Å². The van der Waals surface area contributed by atoms with Crippen LogP contribution in [0.4, 0.5) is 13.2 Å². The lowest BCUT2D eigenvalue weighted by Crippen LogP contribution is -2.51. The van der Waals surface area contributed by atoms with Crippen molar-refractivity contribution in [1.29, 1.82) is 0 Å². The predicted octanol–water partition coefficient (Wildman–Crippen LogP) is 1.92. The molecule has 0 aliphatic carbocycles. The van der Waals surface area contributed by atoms with Crippen LogP contribution in [-0.2, 0) is 14.8 Å². The van der Waals surface area contributed by atoms with E-state index in [1.807, 2.05) is 6.92 Å². The van der Waals surface area contributed by atoms with E-state index in [1.54, 1.807) is 0 Å². The Bertz CT molecular complexity index is 560. The minimum absolute atomic E-state index is 0.125. The van der Waals surface area contributed by atoms with E-state index in [0.717, 1.165) is 6.42 Å². The summed E-state index contributed by atoms with van der Waals surface area (Å²) in [6.45, 7) is 8.29. The normalized spacial score (nSPS) is 18.1. The summed E-state index contributed by atoms with van der Waals surface area (Å²) in [5.41, 5.74) is -5.25. The fourth-order valence-corrected chi connectivity index (χ4v) is 3.56. The highest BCUT2D eigenvalue weighted by Crippen LogP contribution is 2.28. The molecule has 1 saturated heterocycles. The number of aliphatic imine (C=N–C) groups is 1. The van der Waals surface area contributed by atoms with E-state index < -0.39 is 15.5 Å². The third-order valence-corrected chi connectivity index (χ3v) is 5.57. The van der Waals surface area contributed by atoms with Gasteiger partial charge >= 0.3 is 15.5 Å². The molecule has 0 saturated carbocycles. The quantitative estimate of drug-likeness (QED) is 0.341. The molecule has 1 aliphatic rings. The monoisotopic (exact) mass is 416 g/mol. The molecule has 0 radical (unpaired) electrons. The van der Waals surface area contributed by atoms with Gasteiger partial charge in [0.15, 0.2) is 5.96 Å². The molecule has 160 valence electrons. The number of nitrogens with one attached hydrogen (secondary N) is 2. The van der Waals surface area contributed by atoms with Crippen LogP contribution in [0, 0.1) is 5.92 Å². The molecule has 0 spiro atoms. The molecule has 11 heteroatoms. The SMILES string of the molecule is CCNC(=NCCCOCC(C)C)NC1CCN(S(=O)(=O)C(F)(F)F)CC1. The molecule has 1 aliphatic heterocycles. The Morgan fingerprint density at radius 1 is 1.30 bits per heavy atom. The van der Waals surface area contributed by atoms with E-state index in [0.29, 0.717) is 42.5 Å². The van der Waals surface area contributed by atoms with Crippen LogP contribution in [0.25, 0.3) is 0 Å². The maximum Gasteiger partial charge on any atom is 0.511 e. The van der Waals surface area contributed by atoms with Crippen LogP contribution in [-0.4, -0.2) is 69.6 Å². The highest BCUT2D eigenvalue weighted by molar-refractivity contribution is 7.90. The van der Waals surface area contributed by atoms with E-state index in [2.05, 4.69) is 29.5 Å². The minimum atomic E-state index is -5.25. The van der Waals surface area contributed by atoms with Crippen LogP contribution >= 0.6 is 0 Å². The van der Waals surface area contributed by atoms with E-state index in [1.165, 1.54) is 0 Å². The van der Waals surface area contributed by atoms with Gasteiger partial charge in [0.2, 0.25) is 0 Å². The second-order valence-electron chi connectivity index (χ2n) is 6.85. The Balaban J connectivity index is 2.45. The molecule has 1 heterocycles. The van der Waals surface area contributed by atoms with E-state index >= 15 is 0 Å². The molecule has 0 aromatic rings. The molecular weight excluding hydrogens is 385 g/mol. The van der Waals surface area contributed by atoms with Crippen molar-refractivity contribution >= 4 is 16.0 Å². The van der Waals surface area contributed by atoms with Crippen LogP contribution in [0.1, 0.15) is 40.0 Å². The number of hydrogen-bond acceptors (Lipinski definition) is 4. The van der Waals surface area contributed by atoms with Gasteiger partial charge in [0.25, 0.3) is 0 Å². The second kappa shape index (κ2) is 11.1. The number of halogens is 3. The molecule has 0 aromatic heterocycles. The third kappa shape index (κ3) is 8.22. The van der Waals surface area contributed by atoms with Crippen molar-refractivity contribution in [3.05, 3.63) is 0 Å². The van der Waals surface area contributed by atoms with Gasteiger partial charge in [-0.3, -0.25) is 4.99 Å². The summed E-state index contributed by atoms with van der Waals surface area (Å²) in [4.78, 5) is 4.43. The standard InChI is InChI=1S/C16H31F3N4O3S/c1-4-20-15(21-8-5-11-26-12-13(2)3)22-14-6-9-23(10-7-14)27(24,25)16(17,18)19/h13-14H,4-12H2,1-3H3,(H2,20,21,22). The van der Waals surface area contributed by atoms with Crippen LogP contribution < -0.4 is 10.6 Å². The van der Waals surface area contributed by atoms with Crippen LogP contribution in [0.15, 0.2) is 4.99 Å². The molecule has 0 bridgehead atoms. The molecule has 27 heavy (non-hydrogen) atoms. The molecule has 0 unspecified atom stereocenters. The lowest BCUT2D eigenvalue weighted by Gasteiger charge is -2.32. The molecule has 0 amide bonds. The highest BCUT2D eigenvalue weighted by atomic mass is 32.2. The summed E-state index contributed by atoms with van der Waals surface area (Å²) >= 11 is 0. The fourth-order valence-electron chi connectivity index (χ4n) is 2.58. The maximum absolute atomic E-state index is 12.6. The van der Waals surface area contributed by atoms with E-state index in [-0.39, 0.29) is 32.0 Å². The van der Waals surface area contributed by atoms with Crippen LogP contribution in [0.5, 0.6) is 0 Å². The number of piperidine rings is 1. The van der Waals surface area contributed by atoms with Gasteiger partial charge in [-0.25, -0.2) is 8.42 Å². The predicted molar refractivity (Wildman–Crippen MR) is 99.0 cm³/mol. The number of ether oxygens (including phenoxy) is 1. The first-order chi connectivity index (χ1) is 12.6. The zero-order chi connectivity index (χ0) is 20.5. The molecule has 7 nitrogen and oxygen atoms in total. The molecule has 0 aromatic carbocycles. The molecule has 1 rings (SSSR count). The summed E-state index contributed by atoms with van der Waals surface area (Å²) in [5, 5.41) is 6.26. The zero-order valence-corrected chi connectivity index (χ0v) is 17.0. The van der Waals surface area contributed by atoms with Crippen molar-refractivity contribution in [3.63, 3.8) is 0 Å². The first-order valence-electron chi connectivity index (χ1n) is 9.27. The van der Waals surface area contributed by atoms with Crippen molar-refractivity contribution in [2.24, 2.45) is 10.9 Å². The van der Waals surface area contributed by atoms with Crippen molar-refractivity contribution in [3.8, 4) is 0 Å². The Morgan fingerprint density at radius 2 is 1.93 bits per heavy atom. The highest BCUT2D eigenvalue weighted by Gasteiger charge is 2.50. The van der Waals surface area contributed by atoms with Gasteiger partial charge in [-0.15, -0.1) is 0 Å². The molecule has 2 N–H and O–H groups in total. The maximum atomic E-state index is 12.6. The Morgan fingerprint density at radius 3 is 2.44 bits per heavy atom. The average Bonchev–Trinajstić information content (AvgIpc) is 2.57. The summed E-state index contributed by atoms with van der Waals surface area (Å²) in [7, 11) is -5.25. The Hall–Kier alpha value is -1.07. The second-order valence-corrected chi connectivity index (χ2v) is 8.78. The fraction of sp³-hybridized carbons (Fsp3) is 0.938. The van der Waals surface area contributed by atoms with Gasteiger partial charge in [-0.1, -0.05) is 13.8 Å². The number of guanidine groups is 1. The summed E-state index contributed by atoms with van der Waals surface area (Å²) in [6.07, 6.45) is 1.35. The number of nitrogens with zero attached hydrogens (tertiary/aromatic N) is 2. The van der Waals surface area contributed by atoms with Crippen LogP contribution in [0.2, 0.25) is 0 Å². The summed E-state index contributed by atoms with van der Waals surface area (Å²) in [5.74, 6) is 1.07. The van der Waals surface area contributed by atoms with Crippen molar-refractivity contribution in [2.75, 3.05) is 39.4 Å². The number of alkyl halides is 3. The summed E-state index contributed by atoms with van der Waals surface area (Å²) in [6, 6.07) is -0.125. The molecular formula is C16H31F3N4O3S. The van der Waals surface area contributed by atoms with Crippen LogP contribution in [0.3, 0.4) is 0 Å². The third-order valence-electron chi connectivity index (χ3n) is 3.94. The van der Waals surface area contributed by atoms with Gasteiger partial charge in [-0.05, 0) is 32.1 Å². The number of rotatable bonds is 9. The van der Waals surface area contributed by atoms with Crippen molar-refractivity contribution < 1.29 is 26.3 Å². The van der Waals surface area contributed by atoms with Gasteiger partial charge < -0.3 is 15.4 Å². The Kier molecular flexibility index (Phi) is 9.82. The van der Waals surface area contributed by atoms with Gasteiger partial charge in [-0.2, -0.15) is 17.5 Å². The lowest BCUT2D eigenvalue weighted by molar-refractivity contribution is -0.0494. The lowest BCUT2D eigenvalue weighted by atomic mass is 10.1. The zero-order valence-electron chi connectivity index (χ0n) is 16.2. The molecule has 0 atom stereocenters. The minimum Gasteiger partial charge on any atom is -0.381 e. The smallest absolute Gasteiger partial charge is 0.381 e. The van der Waals surface area contributed by atoms with Gasteiger partial charge in [0.1, 0.15) is 0 Å². The average molecular weight is 417 g/mol.